The third kappa shape index (κ3) is 1.31. The van der Waals surface area contributed by atoms with E-state index in [0.29, 0.717) is 0 Å². The van der Waals surface area contributed by atoms with Crippen LogP contribution in [0, 0.1) is 13.0 Å². The van der Waals surface area contributed by atoms with Gasteiger partial charge in [0.2, 0.25) is 5.91 Å². The van der Waals surface area contributed by atoms with Gasteiger partial charge in [-0.3, -0.25) is 4.79 Å². The highest BCUT2D eigenvalue weighted by molar-refractivity contribution is 5.80. The molecular formula is C7H10NO. The molecule has 0 bridgehead atoms. The van der Waals surface area contributed by atoms with Crippen molar-refractivity contribution in [2.45, 2.75) is 12.8 Å². The monoisotopic (exact) mass is 124 g/mol. The first kappa shape index (κ1) is 6.33. The molecule has 2 nitrogen and oxygen atoms in total. The standard InChI is InChI=1S/C7H10NO/c1-8-7(9)6-4-2-3-5-6/h2,4,6H,1,3,5H2,(H,8,9). The van der Waals surface area contributed by atoms with Crippen LogP contribution in [0.1, 0.15) is 12.8 Å². The molecule has 0 spiro atoms. The molecule has 0 heterocycles. The predicted octanol–water partition coefficient (Wildman–Crippen LogP) is 0.860. The van der Waals surface area contributed by atoms with Gasteiger partial charge in [0.05, 0.1) is 5.92 Å². The maximum Gasteiger partial charge on any atom is 0.226 e. The molecule has 0 aromatic heterocycles. The van der Waals surface area contributed by atoms with E-state index in [1.165, 1.54) is 0 Å². The fraction of sp³-hybridized carbons (Fsp3) is 0.429. The van der Waals surface area contributed by atoms with Crippen molar-refractivity contribution < 1.29 is 4.79 Å². The van der Waals surface area contributed by atoms with Crippen molar-refractivity contribution in [3.05, 3.63) is 19.2 Å². The molecule has 0 aliphatic heterocycles. The third-order valence-electron chi connectivity index (χ3n) is 1.52. The molecule has 9 heavy (non-hydrogen) atoms. The summed E-state index contributed by atoms with van der Waals surface area (Å²) in [4.78, 5) is 10.8. The summed E-state index contributed by atoms with van der Waals surface area (Å²) in [5.74, 6) is 0.117. The maximum atomic E-state index is 10.8. The summed E-state index contributed by atoms with van der Waals surface area (Å²) in [5.41, 5.74) is 0. The Morgan fingerprint density at radius 3 is 3.00 bits per heavy atom. The Kier molecular flexibility index (Phi) is 1.88. The number of allylic oxidation sites excluding steroid dienone is 1. The van der Waals surface area contributed by atoms with Crippen molar-refractivity contribution in [1.82, 2.24) is 5.32 Å². The van der Waals surface area contributed by atoms with Crippen molar-refractivity contribution in [3.8, 4) is 0 Å². The molecule has 0 aromatic rings. The lowest BCUT2D eigenvalue weighted by molar-refractivity contribution is -0.122. The molecule has 49 valence electrons. The first-order valence-electron chi connectivity index (χ1n) is 3.08. The van der Waals surface area contributed by atoms with Gasteiger partial charge in [0, 0.05) is 7.05 Å². The normalized spacial score (nSPS) is 24.3. The van der Waals surface area contributed by atoms with Crippen LogP contribution in [-0.4, -0.2) is 5.91 Å². The summed E-state index contributed by atoms with van der Waals surface area (Å²) in [5, 5.41) is 2.37. The van der Waals surface area contributed by atoms with Gasteiger partial charge < -0.3 is 5.32 Å². The van der Waals surface area contributed by atoms with E-state index in [9.17, 15) is 4.79 Å². The highest BCUT2D eigenvalue weighted by atomic mass is 16.1. The SMILES string of the molecule is [CH2]NC(=O)C1C=CCC1. The minimum Gasteiger partial charge on any atom is -0.354 e. The highest BCUT2D eigenvalue weighted by Gasteiger charge is 2.15. The van der Waals surface area contributed by atoms with Crippen LogP contribution >= 0.6 is 0 Å². The summed E-state index contributed by atoms with van der Waals surface area (Å²) in [7, 11) is 3.30. The number of rotatable bonds is 1. The van der Waals surface area contributed by atoms with E-state index >= 15 is 0 Å². The average molecular weight is 124 g/mol. The molecule has 0 saturated heterocycles. The van der Waals surface area contributed by atoms with E-state index in [4.69, 9.17) is 0 Å². The summed E-state index contributed by atoms with van der Waals surface area (Å²) >= 11 is 0. The lowest BCUT2D eigenvalue weighted by Crippen LogP contribution is -2.22. The zero-order valence-electron chi connectivity index (χ0n) is 5.26. The molecule has 1 amide bonds. The van der Waals surface area contributed by atoms with Crippen LogP contribution in [0.15, 0.2) is 12.2 Å². The lowest BCUT2D eigenvalue weighted by Gasteiger charge is -2.02. The molecule has 1 rings (SSSR count). The van der Waals surface area contributed by atoms with Crippen LogP contribution in [0.2, 0.25) is 0 Å². The van der Waals surface area contributed by atoms with Gasteiger partial charge in [0.25, 0.3) is 0 Å². The fourth-order valence-electron chi connectivity index (χ4n) is 0.982. The second-order valence-corrected chi connectivity index (χ2v) is 2.15. The number of carbonyl (C=O) groups is 1. The Morgan fingerprint density at radius 1 is 1.78 bits per heavy atom. The van der Waals surface area contributed by atoms with Gasteiger partial charge >= 0.3 is 0 Å². The van der Waals surface area contributed by atoms with Gasteiger partial charge in [-0.1, -0.05) is 12.2 Å². The largest absolute Gasteiger partial charge is 0.354 e. The molecule has 1 aliphatic carbocycles. The molecule has 0 saturated carbocycles. The Balaban J connectivity index is 2.43. The average Bonchev–Trinajstić information content (AvgIpc) is 2.37. The smallest absolute Gasteiger partial charge is 0.226 e. The molecule has 1 unspecified atom stereocenters. The van der Waals surface area contributed by atoms with E-state index in [1.54, 1.807) is 0 Å². The topological polar surface area (TPSA) is 29.1 Å². The van der Waals surface area contributed by atoms with Crippen LogP contribution in [0.25, 0.3) is 0 Å². The minimum atomic E-state index is 0.0313. The molecule has 1 N–H and O–H groups in total. The van der Waals surface area contributed by atoms with Gasteiger partial charge in [0.15, 0.2) is 0 Å². The van der Waals surface area contributed by atoms with E-state index in [1.807, 2.05) is 12.2 Å². The second-order valence-electron chi connectivity index (χ2n) is 2.15. The van der Waals surface area contributed by atoms with Gasteiger partial charge in [0.1, 0.15) is 0 Å². The van der Waals surface area contributed by atoms with E-state index in [2.05, 4.69) is 12.4 Å². The van der Waals surface area contributed by atoms with Gasteiger partial charge in [-0.15, -0.1) is 0 Å². The Bertz CT molecular complexity index is 140. The van der Waals surface area contributed by atoms with Gasteiger partial charge in [-0.05, 0) is 12.8 Å². The third-order valence-corrected chi connectivity index (χ3v) is 1.52. The van der Waals surface area contributed by atoms with Crippen LogP contribution in [-0.2, 0) is 4.79 Å². The van der Waals surface area contributed by atoms with Crippen molar-refractivity contribution in [1.29, 1.82) is 0 Å². The number of hydrogen-bond acceptors (Lipinski definition) is 1. The Labute approximate surface area is 54.9 Å². The van der Waals surface area contributed by atoms with Crippen LogP contribution in [0.5, 0.6) is 0 Å². The van der Waals surface area contributed by atoms with Crippen molar-refractivity contribution >= 4 is 5.91 Å². The van der Waals surface area contributed by atoms with Crippen molar-refractivity contribution in [2.24, 2.45) is 5.92 Å². The van der Waals surface area contributed by atoms with Crippen LogP contribution < -0.4 is 5.32 Å². The summed E-state index contributed by atoms with van der Waals surface area (Å²) < 4.78 is 0. The lowest BCUT2D eigenvalue weighted by atomic mass is 10.1. The molecule has 2 heteroatoms. The van der Waals surface area contributed by atoms with Crippen LogP contribution in [0.4, 0.5) is 0 Å². The number of amides is 1. The minimum absolute atomic E-state index is 0.0313. The Hall–Kier alpha value is -0.790. The number of nitrogens with one attached hydrogen (secondary N) is 1. The maximum absolute atomic E-state index is 10.8. The number of hydrogen-bond donors (Lipinski definition) is 1. The molecule has 0 aromatic carbocycles. The quantitative estimate of drug-likeness (QED) is 0.516. The fourth-order valence-corrected chi connectivity index (χ4v) is 0.982. The highest BCUT2D eigenvalue weighted by Crippen LogP contribution is 2.16. The van der Waals surface area contributed by atoms with Gasteiger partial charge in [-0.25, -0.2) is 0 Å². The summed E-state index contributed by atoms with van der Waals surface area (Å²) in [6, 6.07) is 0. The molecular weight excluding hydrogens is 114 g/mol. The van der Waals surface area contributed by atoms with Crippen molar-refractivity contribution in [3.63, 3.8) is 0 Å². The van der Waals surface area contributed by atoms with E-state index < -0.39 is 0 Å². The molecule has 1 radical (unpaired) electrons. The number of carbonyl (C=O) groups excluding carboxylic acids is 1. The van der Waals surface area contributed by atoms with E-state index in [0.717, 1.165) is 12.8 Å². The van der Waals surface area contributed by atoms with Crippen LogP contribution in [0.3, 0.4) is 0 Å². The molecule has 1 atom stereocenters. The first-order valence-corrected chi connectivity index (χ1v) is 3.08. The van der Waals surface area contributed by atoms with E-state index in [-0.39, 0.29) is 11.8 Å². The molecule has 0 fully saturated rings. The van der Waals surface area contributed by atoms with Crippen molar-refractivity contribution in [2.75, 3.05) is 0 Å². The predicted molar refractivity (Wildman–Crippen MR) is 35.4 cm³/mol. The molecule has 1 aliphatic rings. The summed E-state index contributed by atoms with van der Waals surface area (Å²) in [6.45, 7) is 0. The zero-order valence-corrected chi connectivity index (χ0v) is 5.26. The Morgan fingerprint density at radius 2 is 2.56 bits per heavy atom. The summed E-state index contributed by atoms with van der Waals surface area (Å²) in [6.07, 6.45) is 5.93. The zero-order chi connectivity index (χ0) is 6.69. The van der Waals surface area contributed by atoms with Gasteiger partial charge in [-0.2, -0.15) is 0 Å². The first-order chi connectivity index (χ1) is 4.34. The second kappa shape index (κ2) is 2.67.